The lowest BCUT2D eigenvalue weighted by atomic mass is 10.0. The van der Waals surface area contributed by atoms with Crippen LogP contribution in [0.3, 0.4) is 0 Å². The second kappa shape index (κ2) is 5.81. The van der Waals surface area contributed by atoms with E-state index in [9.17, 15) is 19.5 Å². The van der Waals surface area contributed by atoms with Crippen molar-refractivity contribution < 1.29 is 19.5 Å². The predicted octanol–water partition coefficient (Wildman–Crippen LogP) is -0.981. The number of aromatic nitrogens is 2. The first-order valence-corrected chi connectivity index (χ1v) is 6.40. The molecule has 21 heavy (non-hydrogen) atoms. The van der Waals surface area contributed by atoms with Crippen molar-refractivity contribution in [1.82, 2.24) is 25.1 Å². The van der Waals surface area contributed by atoms with Crippen LogP contribution in [0.5, 0.6) is 0 Å². The van der Waals surface area contributed by atoms with Crippen molar-refractivity contribution in [3.05, 3.63) is 17.7 Å². The minimum atomic E-state index is -1.09. The molecule has 1 unspecified atom stereocenters. The van der Waals surface area contributed by atoms with Crippen LogP contribution in [0.4, 0.5) is 4.79 Å². The Morgan fingerprint density at radius 2 is 2.29 bits per heavy atom. The topological polar surface area (TPSA) is 119 Å². The van der Waals surface area contributed by atoms with Gasteiger partial charge in [-0.3, -0.25) is 4.79 Å². The summed E-state index contributed by atoms with van der Waals surface area (Å²) in [6.07, 6.45) is 1.62. The third-order valence-corrected chi connectivity index (χ3v) is 3.42. The molecular formula is C12H17N5O4. The normalized spacial score (nSPS) is 17.0. The number of aliphatic carboxylic acids is 1. The summed E-state index contributed by atoms with van der Waals surface area (Å²) in [5.74, 6) is -1.41. The van der Waals surface area contributed by atoms with E-state index in [0.717, 1.165) is 0 Å². The predicted molar refractivity (Wildman–Crippen MR) is 71.4 cm³/mol. The highest BCUT2D eigenvalue weighted by Crippen LogP contribution is 2.21. The lowest BCUT2D eigenvalue weighted by Gasteiger charge is -2.34. The van der Waals surface area contributed by atoms with Crippen molar-refractivity contribution in [2.75, 3.05) is 20.6 Å². The lowest BCUT2D eigenvalue weighted by molar-refractivity contribution is -0.142. The third kappa shape index (κ3) is 2.96. The molecule has 2 heterocycles. The molecule has 1 atom stereocenters. The van der Waals surface area contributed by atoms with Crippen molar-refractivity contribution in [2.24, 2.45) is 0 Å². The Bertz CT molecular complexity index is 570. The van der Waals surface area contributed by atoms with Gasteiger partial charge in [-0.2, -0.15) is 0 Å². The smallest absolute Gasteiger partial charge is 0.326 e. The lowest BCUT2D eigenvalue weighted by Crippen LogP contribution is -2.53. The highest BCUT2D eigenvalue weighted by Gasteiger charge is 2.37. The number of carboxylic acids is 1. The Balaban J connectivity index is 2.18. The van der Waals surface area contributed by atoms with E-state index in [1.807, 2.05) is 0 Å². The van der Waals surface area contributed by atoms with E-state index in [-0.39, 0.29) is 25.4 Å². The number of nitrogens with zero attached hydrogens (tertiary/aromatic N) is 3. The molecule has 0 bridgehead atoms. The number of H-pyrrole nitrogens is 1. The van der Waals surface area contributed by atoms with E-state index in [1.165, 1.54) is 30.2 Å². The zero-order valence-electron chi connectivity index (χ0n) is 11.8. The summed E-state index contributed by atoms with van der Waals surface area (Å²) < 4.78 is 0. The van der Waals surface area contributed by atoms with Gasteiger partial charge in [0.05, 0.1) is 24.3 Å². The number of likely N-dealkylation sites (N-methyl/N-ethyl adjacent to an activating group) is 2. The van der Waals surface area contributed by atoms with Crippen molar-refractivity contribution in [3.63, 3.8) is 0 Å². The van der Waals surface area contributed by atoms with Crippen LogP contribution in [0.15, 0.2) is 6.33 Å². The summed E-state index contributed by atoms with van der Waals surface area (Å²) in [6, 6.07) is -1.49. The minimum Gasteiger partial charge on any atom is -0.480 e. The zero-order chi connectivity index (χ0) is 15.6. The fraction of sp³-hybridized carbons (Fsp3) is 0.500. The van der Waals surface area contributed by atoms with Gasteiger partial charge in [0, 0.05) is 20.5 Å². The van der Waals surface area contributed by atoms with E-state index in [1.54, 1.807) is 0 Å². The highest BCUT2D eigenvalue weighted by molar-refractivity contribution is 5.87. The van der Waals surface area contributed by atoms with Crippen molar-refractivity contribution in [2.45, 2.75) is 19.0 Å². The molecule has 9 nitrogen and oxygen atoms in total. The van der Waals surface area contributed by atoms with Crippen molar-refractivity contribution >= 4 is 17.9 Å². The maximum atomic E-state index is 12.4. The van der Waals surface area contributed by atoms with Gasteiger partial charge in [-0.05, 0) is 0 Å². The van der Waals surface area contributed by atoms with Crippen LogP contribution in [0, 0.1) is 0 Å². The molecule has 0 aliphatic carbocycles. The van der Waals surface area contributed by atoms with E-state index in [4.69, 9.17) is 0 Å². The van der Waals surface area contributed by atoms with Gasteiger partial charge < -0.3 is 25.2 Å². The summed E-state index contributed by atoms with van der Waals surface area (Å²) in [5.41, 5.74) is 1.37. The average molecular weight is 295 g/mol. The van der Waals surface area contributed by atoms with Gasteiger partial charge in [0.1, 0.15) is 12.6 Å². The molecule has 114 valence electrons. The molecule has 0 radical (unpaired) electrons. The molecule has 0 fully saturated rings. The van der Waals surface area contributed by atoms with Gasteiger partial charge in [0.15, 0.2) is 0 Å². The number of nitrogens with one attached hydrogen (secondary N) is 2. The van der Waals surface area contributed by atoms with E-state index >= 15 is 0 Å². The summed E-state index contributed by atoms with van der Waals surface area (Å²) in [5, 5.41) is 11.7. The number of carboxylic acid groups (broad SMARTS) is 1. The number of carbonyl (C=O) groups excluding carboxylic acids is 2. The highest BCUT2D eigenvalue weighted by atomic mass is 16.4. The number of hydrogen-bond donors (Lipinski definition) is 3. The average Bonchev–Trinajstić information content (AvgIpc) is 2.91. The number of carbonyl (C=O) groups is 3. The SMILES string of the molecule is CNC(=O)CN(C)C(=O)N1Cc2[nH]cnc2CC1C(=O)O. The second-order valence-electron chi connectivity index (χ2n) is 4.83. The van der Waals surface area contributed by atoms with Crippen molar-refractivity contribution in [1.29, 1.82) is 0 Å². The molecule has 1 aliphatic rings. The molecule has 9 heteroatoms. The largest absolute Gasteiger partial charge is 0.480 e. The van der Waals surface area contributed by atoms with Crippen LogP contribution in [-0.2, 0) is 22.6 Å². The molecule has 1 aliphatic heterocycles. The fourth-order valence-electron chi connectivity index (χ4n) is 2.24. The standard InChI is InChI=1S/C12H17N5O4/c1-13-10(18)5-16(2)12(21)17-4-8-7(14-6-15-8)3-9(17)11(19)20/h6,9H,3-5H2,1-2H3,(H,13,18)(H,14,15)(H,19,20). The summed E-state index contributed by atoms with van der Waals surface area (Å²) in [7, 11) is 2.93. The molecule has 2 rings (SSSR count). The molecule has 0 saturated carbocycles. The Labute approximate surface area is 120 Å². The Morgan fingerprint density at radius 1 is 1.57 bits per heavy atom. The second-order valence-corrected chi connectivity index (χ2v) is 4.83. The first-order chi connectivity index (χ1) is 9.93. The van der Waals surface area contributed by atoms with Gasteiger partial charge in [-0.25, -0.2) is 14.6 Å². The Hall–Kier alpha value is -2.58. The first-order valence-electron chi connectivity index (χ1n) is 6.40. The van der Waals surface area contributed by atoms with E-state index in [0.29, 0.717) is 11.4 Å². The van der Waals surface area contributed by atoms with Crippen LogP contribution >= 0.6 is 0 Å². The number of aromatic amines is 1. The molecule has 3 N–H and O–H groups in total. The van der Waals surface area contributed by atoms with Crippen LogP contribution in [0.1, 0.15) is 11.4 Å². The molecule has 1 aromatic heterocycles. The molecular weight excluding hydrogens is 278 g/mol. The van der Waals surface area contributed by atoms with Crippen molar-refractivity contribution in [3.8, 4) is 0 Å². The summed E-state index contributed by atoms with van der Waals surface area (Å²) in [4.78, 5) is 44.4. The minimum absolute atomic E-state index is 0.128. The molecule has 0 spiro atoms. The maximum absolute atomic E-state index is 12.4. The van der Waals surface area contributed by atoms with E-state index in [2.05, 4.69) is 15.3 Å². The Kier molecular flexibility index (Phi) is 4.10. The van der Waals surface area contributed by atoms with Crippen LogP contribution in [0.2, 0.25) is 0 Å². The molecule has 0 saturated heterocycles. The number of imidazole rings is 1. The van der Waals surface area contributed by atoms with Gasteiger partial charge in [-0.1, -0.05) is 0 Å². The summed E-state index contributed by atoms with van der Waals surface area (Å²) in [6.45, 7) is -0.00275. The van der Waals surface area contributed by atoms with Gasteiger partial charge in [-0.15, -0.1) is 0 Å². The number of hydrogen-bond acceptors (Lipinski definition) is 4. The van der Waals surface area contributed by atoms with Gasteiger partial charge in [0.2, 0.25) is 5.91 Å². The molecule has 3 amide bonds. The fourth-order valence-corrected chi connectivity index (χ4v) is 2.24. The zero-order valence-corrected chi connectivity index (χ0v) is 11.8. The molecule has 1 aromatic rings. The number of fused-ring (bicyclic) bond motifs is 1. The van der Waals surface area contributed by atoms with Gasteiger partial charge >= 0.3 is 12.0 Å². The number of amides is 3. The maximum Gasteiger partial charge on any atom is 0.326 e. The monoisotopic (exact) mass is 295 g/mol. The molecule has 0 aromatic carbocycles. The van der Waals surface area contributed by atoms with Crippen LogP contribution in [-0.4, -0.2) is 69.5 Å². The number of urea groups is 1. The number of rotatable bonds is 3. The Morgan fingerprint density at radius 3 is 2.90 bits per heavy atom. The third-order valence-electron chi connectivity index (χ3n) is 3.42. The van der Waals surface area contributed by atoms with Gasteiger partial charge in [0.25, 0.3) is 0 Å². The van der Waals surface area contributed by atoms with E-state index < -0.39 is 18.0 Å². The summed E-state index contributed by atoms with van der Waals surface area (Å²) >= 11 is 0. The first kappa shape index (κ1) is 14.8. The van der Waals surface area contributed by atoms with Crippen LogP contribution < -0.4 is 5.32 Å². The quantitative estimate of drug-likeness (QED) is 0.662. The van der Waals surface area contributed by atoms with Crippen LogP contribution in [0.25, 0.3) is 0 Å².